The van der Waals surface area contributed by atoms with Crippen molar-refractivity contribution >= 4 is 17.3 Å². The third kappa shape index (κ3) is 2.99. The maximum atomic E-state index is 12.8. The van der Waals surface area contributed by atoms with Gasteiger partial charge in [-0.25, -0.2) is 4.39 Å². The second-order valence-electron chi connectivity index (χ2n) is 4.23. The summed E-state index contributed by atoms with van der Waals surface area (Å²) in [5, 5.41) is 4.00. The van der Waals surface area contributed by atoms with Crippen molar-refractivity contribution in [2.75, 3.05) is 5.32 Å². The predicted octanol–water partition coefficient (Wildman–Crippen LogP) is 4.36. The van der Waals surface area contributed by atoms with Crippen LogP contribution in [0, 0.1) is 12.7 Å². The Hall–Kier alpha value is -1.61. The Bertz CT molecular complexity index is 540. The number of anilines is 1. The van der Waals surface area contributed by atoms with E-state index in [0.29, 0.717) is 5.02 Å². The van der Waals surface area contributed by atoms with Crippen molar-refractivity contribution in [1.29, 1.82) is 0 Å². The topological polar surface area (TPSA) is 24.9 Å². The van der Waals surface area contributed by atoms with E-state index in [9.17, 15) is 4.39 Å². The van der Waals surface area contributed by atoms with Crippen LogP contribution in [0.4, 0.5) is 10.1 Å². The molecule has 0 spiro atoms. The lowest BCUT2D eigenvalue weighted by molar-refractivity contribution is 0.617. The highest BCUT2D eigenvalue weighted by atomic mass is 35.5. The van der Waals surface area contributed by atoms with Crippen LogP contribution in [-0.2, 0) is 0 Å². The molecule has 0 aliphatic rings. The highest BCUT2D eigenvalue weighted by molar-refractivity contribution is 6.30. The van der Waals surface area contributed by atoms with Gasteiger partial charge in [-0.05, 0) is 43.7 Å². The van der Waals surface area contributed by atoms with Crippen molar-refractivity contribution in [3.8, 4) is 0 Å². The summed E-state index contributed by atoms with van der Waals surface area (Å²) in [6.07, 6.45) is 1.22. The average Bonchev–Trinajstić information content (AvgIpc) is 2.34. The Morgan fingerprint density at radius 1 is 1.28 bits per heavy atom. The average molecular weight is 265 g/mol. The minimum atomic E-state index is -0.329. The minimum absolute atomic E-state index is 0.0113. The smallest absolute Gasteiger partial charge is 0.141 e. The number of benzene rings is 1. The summed E-state index contributed by atoms with van der Waals surface area (Å²) in [4.78, 5) is 4.06. The van der Waals surface area contributed by atoms with Crippen molar-refractivity contribution in [3.63, 3.8) is 0 Å². The van der Waals surface area contributed by atoms with Gasteiger partial charge in [-0.2, -0.15) is 0 Å². The molecule has 1 N–H and O–H groups in total. The van der Waals surface area contributed by atoms with E-state index in [1.165, 1.54) is 12.3 Å². The van der Waals surface area contributed by atoms with Crippen LogP contribution in [0.3, 0.4) is 0 Å². The summed E-state index contributed by atoms with van der Waals surface area (Å²) in [6.45, 7) is 3.98. The highest BCUT2D eigenvalue weighted by Crippen LogP contribution is 2.24. The number of aryl methyl sites for hydroxylation is 1. The molecule has 2 aromatic rings. The summed E-state index contributed by atoms with van der Waals surface area (Å²) in [6, 6.07) is 8.75. The molecule has 94 valence electrons. The van der Waals surface area contributed by atoms with Gasteiger partial charge in [0.05, 0.1) is 17.9 Å². The lowest BCUT2D eigenvalue weighted by Gasteiger charge is -2.16. The second kappa shape index (κ2) is 5.36. The van der Waals surface area contributed by atoms with Crippen molar-refractivity contribution in [3.05, 3.63) is 58.6 Å². The van der Waals surface area contributed by atoms with Gasteiger partial charge in [-0.15, -0.1) is 0 Å². The van der Waals surface area contributed by atoms with E-state index in [4.69, 9.17) is 11.6 Å². The molecular formula is C14H14ClFN2. The van der Waals surface area contributed by atoms with Gasteiger partial charge in [0.2, 0.25) is 0 Å². The molecule has 0 saturated heterocycles. The highest BCUT2D eigenvalue weighted by Gasteiger charge is 2.08. The molecule has 0 aliphatic carbocycles. The number of hydrogen-bond acceptors (Lipinski definition) is 2. The molecule has 0 fully saturated rings. The van der Waals surface area contributed by atoms with Crippen LogP contribution in [0.1, 0.15) is 24.2 Å². The lowest BCUT2D eigenvalue weighted by Crippen LogP contribution is -2.09. The summed E-state index contributed by atoms with van der Waals surface area (Å²) in [7, 11) is 0. The first-order chi connectivity index (χ1) is 8.56. The third-order valence-corrected chi connectivity index (χ3v) is 3.00. The van der Waals surface area contributed by atoms with Gasteiger partial charge in [0.15, 0.2) is 0 Å². The summed E-state index contributed by atoms with van der Waals surface area (Å²) < 4.78 is 12.8. The number of rotatable bonds is 3. The Kier molecular flexibility index (Phi) is 3.82. The molecule has 1 atom stereocenters. The number of hydrogen-bond donors (Lipinski definition) is 1. The number of nitrogens with one attached hydrogen (secondary N) is 1. The van der Waals surface area contributed by atoms with Gasteiger partial charge < -0.3 is 5.32 Å². The van der Waals surface area contributed by atoms with E-state index in [2.05, 4.69) is 10.3 Å². The van der Waals surface area contributed by atoms with Crippen LogP contribution < -0.4 is 5.32 Å². The number of halogens is 2. The third-order valence-electron chi connectivity index (χ3n) is 2.77. The summed E-state index contributed by atoms with van der Waals surface area (Å²) in [5.41, 5.74) is 2.85. The standard InChI is InChI=1S/C14H14ClFN2/c1-9-3-4-11(15)7-14(9)18-10(2)13-6-5-12(16)8-17-13/h3-8,10,18H,1-2H3. The molecule has 2 rings (SSSR count). The van der Waals surface area contributed by atoms with Crippen LogP contribution in [-0.4, -0.2) is 4.98 Å². The van der Waals surface area contributed by atoms with Gasteiger partial charge in [0, 0.05) is 10.7 Å². The van der Waals surface area contributed by atoms with Gasteiger partial charge in [-0.3, -0.25) is 4.98 Å². The molecule has 1 aromatic carbocycles. The Morgan fingerprint density at radius 3 is 2.72 bits per heavy atom. The van der Waals surface area contributed by atoms with Crippen LogP contribution in [0.25, 0.3) is 0 Å². The van der Waals surface area contributed by atoms with Gasteiger partial charge >= 0.3 is 0 Å². The summed E-state index contributed by atoms with van der Waals surface area (Å²) >= 11 is 5.96. The predicted molar refractivity (Wildman–Crippen MR) is 72.4 cm³/mol. The van der Waals surface area contributed by atoms with E-state index < -0.39 is 0 Å². The molecule has 0 amide bonds. The van der Waals surface area contributed by atoms with Crippen LogP contribution in [0.5, 0.6) is 0 Å². The van der Waals surface area contributed by atoms with Crippen LogP contribution in [0.2, 0.25) is 5.02 Å². The zero-order chi connectivity index (χ0) is 13.1. The van der Waals surface area contributed by atoms with E-state index in [-0.39, 0.29) is 11.9 Å². The fourth-order valence-electron chi connectivity index (χ4n) is 1.70. The van der Waals surface area contributed by atoms with Gasteiger partial charge in [0.25, 0.3) is 0 Å². The fraction of sp³-hybridized carbons (Fsp3) is 0.214. The monoisotopic (exact) mass is 264 g/mol. The largest absolute Gasteiger partial charge is 0.377 e. The SMILES string of the molecule is Cc1ccc(Cl)cc1NC(C)c1ccc(F)cn1. The maximum Gasteiger partial charge on any atom is 0.141 e. The van der Waals surface area contributed by atoms with Crippen molar-refractivity contribution < 1.29 is 4.39 Å². The molecule has 2 nitrogen and oxygen atoms in total. The van der Waals surface area contributed by atoms with Gasteiger partial charge in [0.1, 0.15) is 5.82 Å². The Balaban J connectivity index is 2.18. The normalized spacial score (nSPS) is 12.2. The van der Waals surface area contributed by atoms with Crippen molar-refractivity contribution in [1.82, 2.24) is 4.98 Å². The molecule has 0 bridgehead atoms. The molecule has 4 heteroatoms. The van der Waals surface area contributed by atoms with Gasteiger partial charge in [-0.1, -0.05) is 17.7 Å². The van der Waals surface area contributed by atoms with Crippen LogP contribution >= 0.6 is 11.6 Å². The molecule has 1 aromatic heterocycles. The first kappa shape index (κ1) is 12.8. The molecule has 0 aliphatic heterocycles. The molecular weight excluding hydrogens is 251 g/mol. The molecule has 1 heterocycles. The minimum Gasteiger partial charge on any atom is -0.377 e. The van der Waals surface area contributed by atoms with E-state index in [1.807, 2.05) is 32.0 Å². The Labute approximate surface area is 111 Å². The van der Waals surface area contributed by atoms with E-state index in [1.54, 1.807) is 6.07 Å². The summed E-state index contributed by atoms with van der Waals surface area (Å²) in [5.74, 6) is -0.329. The number of nitrogens with zero attached hydrogens (tertiary/aromatic N) is 1. The molecule has 0 radical (unpaired) electrons. The van der Waals surface area contributed by atoms with Crippen LogP contribution in [0.15, 0.2) is 36.5 Å². The molecule has 0 saturated carbocycles. The first-order valence-corrected chi connectivity index (χ1v) is 6.08. The van der Waals surface area contributed by atoms with Crippen molar-refractivity contribution in [2.45, 2.75) is 19.9 Å². The zero-order valence-electron chi connectivity index (χ0n) is 10.2. The quantitative estimate of drug-likeness (QED) is 0.891. The van der Waals surface area contributed by atoms with E-state index in [0.717, 1.165) is 16.9 Å². The van der Waals surface area contributed by atoms with E-state index >= 15 is 0 Å². The lowest BCUT2D eigenvalue weighted by atomic mass is 10.1. The maximum absolute atomic E-state index is 12.8. The number of pyridine rings is 1. The first-order valence-electron chi connectivity index (χ1n) is 5.70. The zero-order valence-corrected chi connectivity index (χ0v) is 11.0. The molecule has 18 heavy (non-hydrogen) atoms. The fourth-order valence-corrected chi connectivity index (χ4v) is 1.87. The second-order valence-corrected chi connectivity index (χ2v) is 4.66. The number of aromatic nitrogens is 1. The Morgan fingerprint density at radius 2 is 2.06 bits per heavy atom. The van der Waals surface area contributed by atoms with Crippen molar-refractivity contribution in [2.24, 2.45) is 0 Å². The molecule has 1 unspecified atom stereocenters.